The number of hydrogen-bond donors (Lipinski definition) is 0. The highest BCUT2D eigenvalue weighted by Crippen LogP contribution is 2.10. The number of rotatable bonds is 2. The molecule has 1 amide bonds. The molecular weight excluding hydrogens is 223 g/mol. The molecule has 5 heteroatoms. The molecule has 1 rings (SSSR count). The highest BCUT2D eigenvalue weighted by Gasteiger charge is 2.19. The van der Waals surface area contributed by atoms with Crippen molar-refractivity contribution >= 4 is 6.09 Å². The SMILES string of the molecule is CN(Cc1cc(F)ccn1)C(=O)OC(C)(C)C. The largest absolute Gasteiger partial charge is 0.444 e. The maximum Gasteiger partial charge on any atom is 0.410 e. The number of pyridine rings is 1. The smallest absolute Gasteiger partial charge is 0.410 e. The lowest BCUT2D eigenvalue weighted by Gasteiger charge is -2.24. The first-order chi connectivity index (χ1) is 7.78. The van der Waals surface area contributed by atoms with Gasteiger partial charge in [0.05, 0.1) is 12.2 Å². The Morgan fingerprint density at radius 3 is 2.71 bits per heavy atom. The number of ether oxygens (including phenoxy) is 1. The third-order valence-electron chi connectivity index (χ3n) is 1.88. The molecule has 4 nitrogen and oxygen atoms in total. The molecule has 0 saturated carbocycles. The molecule has 1 aromatic heterocycles. The van der Waals surface area contributed by atoms with E-state index in [1.807, 2.05) is 0 Å². The predicted molar refractivity (Wildman–Crippen MR) is 61.9 cm³/mol. The summed E-state index contributed by atoms with van der Waals surface area (Å²) in [7, 11) is 1.58. The third-order valence-corrected chi connectivity index (χ3v) is 1.88. The zero-order valence-electron chi connectivity index (χ0n) is 10.5. The minimum Gasteiger partial charge on any atom is -0.444 e. The Morgan fingerprint density at radius 2 is 2.18 bits per heavy atom. The van der Waals surface area contributed by atoms with E-state index in [1.165, 1.54) is 23.2 Å². The monoisotopic (exact) mass is 240 g/mol. The first-order valence-electron chi connectivity index (χ1n) is 5.32. The molecule has 1 aromatic rings. The van der Waals surface area contributed by atoms with Crippen molar-refractivity contribution in [2.75, 3.05) is 7.05 Å². The van der Waals surface area contributed by atoms with Crippen molar-refractivity contribution in [2.24, 2.45) is 0 Å². The Hall–Kier alpha value is -1.65. The maximum atomic E-state index is 12.9. The van der Waals surface area contributed by atoms with Crippen LogP contribution in [0.5, 0.6) is 0 Å². The van der Waals surface area contributed by atoms with E-state index in [0.29, 0.717) is 5.69 Å². The summed E-state index contributed by atoms with van der Waals surface area (Å²) in [4.78, 5) is 17.0. The van der Waals surface area contributed by atoms with Crippen LogP contribution in [-0.4, -0.2) is 28.6 Å². The average molecular weight is 240 g/mol. The number of carbonyl (C=O) groups excluding carboxylic acids is 1. The van der Waals surface area contributed by atoms with Crippen LogP contribution in [0, 0.1) is 5.82 Å². The fraction of sp³-hybridized carbons (Fsp3) is 0.500. The van der Waals surface area contributed by atoms with Crippen LogP contribution in [0.25, 0.3) is 0 Å². The summed E-state index contributed by atoms with van der Waals surface area (Å²) in [6.45, 7) is 5.59. The number of halogens is 1. The third kappa shape index (κ3) is 4.80. The molecule has 0 N–H and O–H groups in total. The Kier molecular flexibility index (Phi) is 4.04. The fourth-order valence-corrected chi connectivity index (χ4v) is 1.18. The molecule has 0 bridgehead atoms. The Morgan fingerprint density at radius 1 is 1.53 bits per heavy atom. The van der Waals surface area contributed by atoms with Crippen LogP contribution in [0.2, 0.25) is 0 Å². The van der Waals surface area contributed by atoms with Crippen LogP contribution in [0.15, 0.2) is 18.3 Å². The molecule has 0 unspecified atom stereocenters. The van der Waals surface area contributed by atoms with Gasteiger partial charge in [0.2, 0.25) is 0 Å². The minimum atomic E-state index is -0.541. The summed E-state index contributed by atoms with van der Waals surface area (Å²) < 4.78 is 18.1. The summed E-state index contributed by atoms with van der Waals surface area (Å²) in [5, 5.41) is 0. The van der Waals surface area contributed by atoms with E-state index in [1.54, 1.807) is 27.8 Å². The first-order valence-corrected chi connectivity index (χ1v) is 5.32. The lowest BCUT2D eigenvalue weighted by Crippen LogP contribution is -2.34. The van der Waals surface area contributed by atoms with E-state index < -0.39 is 11.7 Å². The second-order valence-electron chi connectivity index (χ2n) is 4.80. The van der Waals surface area contributed by atoms with E-state index in [-0.39, 0.29) is 12.4 Å². The van der Waals surface area contributed by atoms with Gasteiger partial charge < -0.3 is 9.64 Å². The van der Waals surface area contributed by atoms with Crippen molar-refractivity contribution in [3.05, 3.63) is 29.8 Å². The van der Waals surface area contributed by atoms with Crippen molar-refractivity contribution in [1.29, 1.82) is 0 Å². The predicted octanol–water partition coefficient (Wildman–Crippen LogP) is 2.59. The van der Waals surface area contributed by atoms with Crippen LogP contribution in [0.3, 0.4) is 0 Å². The summed E-state index contributed by atoms with van der Waals surface area (Å²) >= 11 is 0. The van der Waals surface area contributed by atoms with Crippen LogP contribution >= 0.6 is 0 Å². The summed E-state index contributed by atoms with van der Waals surface area (Å²) in [5.74, 6) is -0.368. The topological polar surface area (TPSA) is 42.4 Å². The normalized spacial score (nSPS) is 11.1. The Bertz CT molecular complexity index is 402. The molecule has 0 fully saturated rings. The standard InChI is InChI=1S/C12H17FN2O2/c1-12(2,3)17-11(16)15(4)8-10-7-9(13)5-6-14-10/h5-7H,8H2,1-4H3. The van der Waals surface area contributed by atoms with E-state index in [9.17, 15) is 9.18 Å². The fourth-order valence-electron chi connectivity index (χ4n) is 1.18. The van der Waals surface area contributed by atoms with Gasteiger partial charge in [0.1, 0.15) is 11.4 Å². The molecule has 0 radical (unpaired) electrons. The second-order valence-corrected chi connectivity index (χ2v) is 4.80. The zero-order valence-corrected chi connectivity index (χ0v) is 10.5. The van der Waals surface area contributed by atoms with E-state index in [4.69, 9.17) is 4.74 Å². The highest BCUT2D eigenvalue weighted by atomic mass is 19.1. The molecule has 1 heterocycles. The van der Waals surface area contributed by atoms with Gasteiger partial charge in [0, 0.05) is 13.2 Å². The van der Waals surface area contributed by atoms with Gasteiger partial charge in [-0.3, -0.25) is 4.98 Å². The number of aromatic nitrogens is 1. The Labute approximate surface area is 100 Å². The summed E-state index contributed by atoms with van der Waals surface area (Å²) in [6, 6.07) is 2.55. The number of hydrogen-bond acceptors (Lipinski definition) is 3. The van der Waals surface area contributed by atoms with Crippen LogP contribution in [-0.2, 0) is 11.3 Å². The molecule has 94 valence electrons. The lowest BCUT2D eigenvalue weighted by atomic mass is 10.2. The van der Waals surface area contributed by atoms with Crippen LogP contribution < -0.4 is 0 Å². The van der Waals surface area contributed by atoms with Gasteiger partial charge in [0.15, 0.2) is 0 Å². The quantitative estimate of drug-likeness (QED) is 0.798. The maximum absolute atomic E-state index is 12.9. The molecule has 0 aromatic carbocycles. The summed E-state index contributed by atoms with van der Waals surface area (Å²) in [6.07, 6.45) is 0.914. The van der Waals surface area contributed by atoms with Gasteiger partial charge in [-0.1, -0.05) is 0 Å². The molecule has 0 aliphatic rings. The first kappa shape index (κ1) is 13.4. The van der Waals surface area contributed by atoms with E-state index in [0.717, 1.165) is 0 Å². The number of carbonyl (C=O) groups is 1. The molecule has 0 aliphatic heterocycles. The number of nitrogens with zero attached hydrogens (tertiary/aromatic N) is 2. The average Bonchev–Trinajstić information content (AvgIpc) is 2.14. The van der Waals surface area contributed by atoms with Gasteiger partial charge in [-0.25, -0.2) is 9.18 Å². The van der Waals surface area contributed by atoms with Crippen LogP contribution in [0.4, 0.5) is 9.18 Å². The van der Waals surface area contributed by atoms with Crippen molar-refractivity contribution in [3.63, 3.8) is 0 Å². The second kappa shape index (κ2) is 5.12. The van der Waals surface area contributed by atoms with Crippen molar-refractivity contribution < 1.29 is 13.9 Å². The molecular formula is C12H17FN2O2. The van der Waals surface area contributed by atoms with Gasteiger partial charge in [-0.05, 0) is 32.9 Å². The Balaban J connectivity index is 2.60. The molecule has 17 heavy (non-hydrogen) atoms. The van der Waals surface area contributed by atoms with E-state index >= 15 is 0 Å². The van der Waals surface area contributed by atoms with Gasteiger partial charge >= 0.3 is 6.09 Å². The van der Waals surface area contributed by atoms with E-state index in [2.05, 4.69) is 4.98 Å². The molecule has 0 atom stereocenters. The van der Waals surface area contributed by atoms with Gasteiger partial charge in [-0.2, -0.15) is 0 Å². The van der Waals surface area contributed by atoms with Gasteiger partial charge in [0.25, 0.3) is 0 Å². The zero-order chi connectivity index (χ0) is 13.1. The highest BCUT2D eigenvalue weighted by molar-refractivity contribution is 5.67. The van der Waals surface area contributed by atoms with Crippen LogP contribution in [0.1, 0.15) is 26.5 Å². The van der Waals surface area contributed by atoms with Crippen molar-refractivity contribution in [1.82, 2.24) is 9.88 Å². The molecule has 0 saturated heterocycles. The minimum absolute atomic E-state index is 0.215. The number of amides is 1. The molecule has 0 aliphatic carbocycles. The lowest BCUT2D eigenvalue weighted by molar-refractivity contribution is 0.0283. The summed E-state index contributed by atoms with van der Waals surface area (Å²) in [5.41, 5.74) is -0.0564. The van der Waals surface area contributed by atoms with Crippen molar-refractivity contribution in [2.45, 2.75) is 32.9 Å². The molecule has 0 spiro atoms. The van der Waals surface area contributed by atoms with Gasteiger partial charge in [-0.15, -0.1) is 0 Å². The van der Waals surface area contributed by atoms with Crippen molar-refractivity contribution in [3.8, 4) is 0 Å².